The Hall–Kier alpha value is -3.13. The molecule has 0 aliphatic carbocycles. The molecule has 0 aromatic heterocycles. The lowest BCUT2D eigenvalue weighted by molar-refractivity contribution is -0.311. The minimum absolute atomic E-state index is 0.147. The van der Waals surface area contributed by atoms with Gasteiger partial charge in [0.15, 0.2) is 0 Å². The molecule has 39 heavy (non-hydrogen) atoms. The molecule has 0 radical (unpaired) electrons. The van der Waals surface area contributed by atoms with Gasteiger partial charge in [0, 0.05) is 26.3 Å². The van der Waals surface area contributed by atoms with Gasteiger partial charge < -0.3 is 45.6 Å². The van der Waals surface area contributed by atoms with E-state index < -0.39 is 61.1 Å². The Morgan fingerprint density at radius 1 is 1.13 bits per heavy atom. The zero-order chi connectivity index (χ0) is 28.6. The van der Waals surface area contributed by atoms with Gasteiger partial charge in [-0.1, -0.05) is 42.5 Å². The van der Waals surface area contributed by atoms with Crippen LogP contribution in [0.25, 0.3) is 10.8 Å². The first-order valence-electron chi connectivity index (χ1n) is 12.8. The number of carboxylic acids is 1. The molecule has 214 valence electrons. The highest BCUT2D eigenvalue weighted by Gasteiger charge is 2.55. The Labute approximate surface area is 225 Å². The van der Waals surface area contributed by atoms with Crippen molar-refractivity contribution in [3.8, 4) is 0 Å². The van der Waals surface area contributed by atoms with Gasteiger partial charge in [0.05, 0.1) is 25.4 Å². The van der Waals surface area contributed by atoms with Crippen LogP contribution in [-0.2, 0) is 30.4 Å². The number of amides is 2. The van der Waals surface area contributed by atoms with Crippen LogP contribution in [0.15, 0.2) is 42.5 Å². The van der Waals surface area contributed by atoms with Crippen molar-refractivity contribution in [2.45, 2.75) is 75.4 Å². The first-order chi connectivity index (χ1) is 18.6. The van der Waals surface area contributed by atoms with Crippen LogP contribution in [0.2, 0.25) is 0 Å². The van der Waals surface area contributed by atoms with E-state index in [0.29, 0.717) is 13.0 Å². The molecule has 2 amide bonds. The Kier molecular flexibility index (Phi) is 10.7. The third kappa shape index (κ3) is 7.72. The van der Waals surface area contributed by atoms with Crippen LogP contribution in [0.1, 0.15) is 38.2 Å². The molecule has 1 fully saturated rings. The predicted molar refractivity (Wildman–Crippen MR) is 138 cm³/mol. The molecule has 12 nitrogen and oxygen atoms in total. The molecule has 4 unspecified atom stereocenters. The molecule has 12 heteroatoms. The van der Waals surface area contributed by atoms with E-state index >= 15 is 0 Å². The van der Waals surface area contributed by atoms with E-state index in [1.54, 1.807) is 0 Å². The van der Waals surface area contributed by atoms with Crippen molar-refractivity contribution in [1.29, 1.82) is 0 Å². The number of unbranched alkanes of at least 4 members (excludes halogenated alkanes) is 1. The van der Waals surface area contributed by atoms with Gasteiger partial charge in [-0.3, -0.25) is 9.59 Å². The molecule has 0 saturated carbocycles. The summed E-state index contributed by atoms with van der Waals surface area (Å²) in [4.78, 5) is 36.1. The lowest BCUT2D eigenvalue weighted by atomic mass is 9.88. The smallest absolute Gasteiger partial charge is 0.364 e. The van der Waals surface area contributed by atoms with Gasteiger partial charge in [-0.25, -0.2) is 4.79 Å². The summed E-state index contributed by atoms with van der Waals surface area (Å²) in [5.74, 6) is -4.72. The van der Waals surface area contributed by atoms with E-state index in [-0.39, 0.29) is 25.4 Å². The van der Waals surface area contributed by atoms with E-state index in [1.165, 1.54) is 0 Å². The van der Waals surface area contributed by atoms with E-state index in [0.717, 1.165) is 23.3 Å². The number of fused-ring (bicyclic) bond motifs is 1. The highest BCUT2D eigenvalue weighted by Crippen LogP contribution is 2.33. The fourth-order valence-electron chi connectivity index (χ4n) is 4.63. The molecular formula is C27H36N2O10. The first-order valence-corrected chi connectivity index (χ1v) is 12.8. The molecule has 1 aliphatic heterocycles. The van der Waals surface area contributed by atoms with Gasteiger partial charge in [-0.05, 0) is 29.2 Å². The fraction of sp³-hybridized carbons (Fsp3) is 0.519. The van der Waals surface area contributed by atoms with E-state index in [4.69, 9.17) is 9.47 Å². The molecule has 2 aromatic carbocycles. The van der Waals surface area contributed by atoms with Crippen LogP contribution in [0, 0.1) is 0 Å². The molecule has 1 saturated heterocycles. The molecule has 6 atom stereocenters. The Bertz CT molecular complexity index is 1140. The quantitative estimate of drug-likeness (QED) is 0.165. The summed E-state index contributed by atoms with van der Waals surface area (Å²) in [6.45, 7) is 0.509. The summed E-state index contributed by atoms with van der Waals surface area (Å²) in [5.41, 5.74) is 0.988. The number of ether oxygens (including phenoxy) is 2. The van der Waals surface area contributed by atoms with Gasteiger partial charge in [-0.15, -0.1) is 0 Å². The van der Waals surface area contributed by atoms with E-state index in [1.807, 2.05) is 42.5 Å². The Morgan fingerprint density at radius 3 is 2.54 bits per heavy atom. The zero-order valence-electron chi connectivity index (χ0n) is 21.7. The number of carboxylic acid groups (broad SMARTS) is 1. The van der Waals surface area contributed by atoms with Crippen LogP contribution in [-0.4, -0.2) is 92.8 Å². The van der Waals surface area contributed by atoms with Crippen LogP contribution >= 0.6 is 0 Å². The average Bonchev–Trinajstić information content (AvgIpc) is 2.91. The minimum atomic E-state index is -2.38. The van der Waals surface area contributed by atoms with E-state index in [2.05, 4.69) is 10.6 Å². The lowest BCUT2D eigenvalue weighted by Crippen LogP contribution is -2.67. The van der Waals surface area contributed by atoms with Crippen LogP contribution in [0.5, 0.6) is 0 Å². The van der Waals surface area contributed by atoms with Crippen molar-refractivity contribution in [2.24, 2.45) is 0 Å². The number of aliphatic carboxylic acids is 1. The topological polar surface area (TPSA) is 195 Å². The van der Waals surface area contributed by atoms with Crippen molar-refractivity contribution < 1.29 is 49.4 Å². The second kappa shape index (κ2) is 13.8. The molecule has 0 bridgehead atoms. The average molecular weight is 549 g/mol. The van der Waals surface area contributed by atoms with Crippen molar-refractivity contribution in [3.63, 3.8) is 0 Å². The number of hydrogen-bond acceptors (Lipinski definition) is 9. The summed E-state index contributed by atoms with van der Waals surface area (Å²) < 4.78 is 11.1. The molecule has 2 aromatic rings. The number of carbonyl (C=O) groups excluding carboxylic acids is 2. The summed E-state index contributed by atoms with van der Waals surface area (Å²) >= 11 is 0. The number of rotatable bonds is 13. The maximum absolute atomic E-state index is 12.4. The maximum atomic E-state index is 12.4. The standard InChI is InChI=1S/C27H36N2O10/c1-16(31)29-23-20(32)13-27(26(36)37,39-25(23)24(35)21(33)15-30)38-12-5-4-11-22(34)28-14-18-9-6-8-17-7-2-3-10-19(17)18/h2-3,6-10,20-21,23-25,30,32-33,35H,4-5,11-15H2,1H3,(H,28,34)(H,29,31)(H,36,37)/t20?,21-,23?,24-,25?,27?/m1/s1. The number of carbonyl (C=O) groups is 3. The Morgan fingerprint density at radius 2 is 1.85 bits per heavy atom. The molecule has 1 aliphatic rings. The second-order valence-electron chi connectivity index (χ2n) is 9.60. The number of aliphatic hydroxyl groups is 4. The lowest BCUT2D eigenvalue weighted by Gasteiger charge is -2.46. The summed E-state index contributed by atoms with van der Waals surface area (Å²) in [5, 5.41) is 57.4. The normalized spacial score (nSPS) is 24.6. The molecule has 7 N–H and O–H groups in total. The zero-order valence-corrected chi connectivity index (χ0v) is 21.7. The van der Waals surface area contributed by atoms with E-state index in [9.17, 15) is 39.9 Å². The number of benzene rings is 2. The highest BCUT2D eigenvalue weighted by atomic mass is 16.7. The largest absolute Gasteiger partial charge is 0.477 e. The van der Waals surface area contributed by atoms with Crippen LogP contribution in [0.3, 0.4) is 0 Å². The molecule has 3 rings (SSSR count). The van der Waals surface area contributed by atoms with Crippen molar-refractivity contribution in [2.75, 3.05) is 13.2 Å². The predicted octanol–water partition coefficient (Wildman–Crippen LogP) is -0.208. The minimum Gasteiger partial charge on any atom is -0.477 e. The monoisotopic (exact) mass is 548 g/mol. The van der Waals surface area contributed by atoms with Gasteiger partial charge in [0.1, 0.15) is 18.3 Å². The van der Waals surface area contributed by atoms with Gasteiger partial charge in [-0.2, -0.15) is 0 Å². The van der Waals surface area contributed by atoms with Gasteiger partial charge in [0.2, 0.25) is 11.8 Å². The van der Waals surface area contributed by atoms with Crippen molar-refractivity contribution >= 4 is 28.6 Å². The SMILES string of the molecule is CC(=O)NC1C(O)CC(OCCCCC(=O)NCc2cccc3ccccc23)(C(=O)O)OC1[C@H](O)[C@H](O)CO. The van der Waals surface area contributed by atoms with Crippen molar-refractivity contribution in [3.05, 3.63) is 48.0 Å². The van der Waals surface area contributed by atoms with Crippen LogP contribution < -0.4 is 10.6 Å². The van der Waals surface area contributed by atoms with Crippen LogP contribution in [0.4, 0.5) is 0 Å². The third-order valence-corrected chi connectivity index (χ3v) is 6.68. The third-order valence-electron chi connectivity index (χ3n) is 6.68. The van der Waals surface area contributed by atoms with Gasteiger partial charge in [0.25, 0.3) is 5.79 Å². The second-order valence-corrected chi connectivity index (χ2v) is 9.60. The maximum Gasteiger partial charge on any atom is 0.364 e. The molecule has 1 heterocycles. The Balaban J connectivity index is 1.54. The summed E-state index contributed by atoms with van der Waals surface area (Å²) in [6, 6.07) is 12.5. The summed E-state index contributed by atoms with van der Waals surface area (Å²) in [7, 11) is 0. The molecule has 0 spiro atoms. The first kappa shape index (κ1) is 30.4. The van der Waals surface area contributed by atoms with Gasteiger partial charge >= 0.3 is 5.97 Å². The fourth-order valence-corrected chi connectivity index (χ4v) is 4.63. The summed E-state index contributed by atoms with van der Waals surface area (Å²) in [6.07, 6.45) is -6.41. The number of nitrogens with one attached hydrogen (secondary N) is 2. The number of aliphatic hydroxyl groups excluding tert-OH is 4. The number of hydrogen-bond donors (Lipinski definition) is 7. The van der Waals surface area contributed by atoms with Crippen molar-refractivity contribution in [1.82, 2.24) is 10.6 Å². The molecular weight excluding hydrogens is 512 g/mol. The highest BCUT2D eigenvalue weighted by molar-refractivity contribution is 5.86.